The number of nitrogens with one attached hydrogen (secondary N) is 1. The highest BCUT2D eigenvalue weighted by Crippen LogP contribution is 2.29. The molecule has 2 heterocycles. The Labute approximate surface area is 175 Å². The second-order valence-electron chi connectivity index (χ2n) is 6.49. The van der Waals surface area contributed by atoms with E-state index in [0.717, 1.165) is 11.8 Å². The van der Waals surface area contributed by atoms with Crippen LogP contribution in [-0.2, 0) is 4.79 Å². The number of rotatable bonds is 4. The molecule has 2 aromatic carbocycles. The lowest BCUT2D eigenvalue weighted by Gasteiger charge is -2.19. The summed E-state index contributed by atoms with van der Waals surface area (Å²) in [5.41, 5.74) is 0.741. The third-order valence-electron chi connectivity index (χ3n) is 4.59. The number of fused-ring (bicyclic) bond motifs is 1. The van der Waals surface area contributed by atoms with Gasteiger partial charge >= 0.3 is 6.03 Å². The van der Waals surface area contributed by atoms with E-state index in [-0.39, 0.29) is 11.5 Å². The van der Waals surface area contributed by atoms with Crippen LogP contribution in [0, 0.1) is 0 Å². The second kappa shape index (κ2) is 7.88. The minimum atomic E-state index is -0.624. The van der Waals surface area contributed by atoms with Crippen molar-refractivity contribution < 1.29 is 9.59 Å². The van der Waals surface area contributed by atoms with Crippen LogP contribution in [0.15, 0.2) is 58.5 Å². The van der Waals surface area contributed by atoms with Gasteiger partial charge in [0.2, 0.25) is 5.91 Å². The number of imide groups is 1. The molecule has 29 heavy (non-hydrogen) atoms. The van der Waals surface area contributed by atoms with E-state index in [0.29, 0.717) is 39.9 Å². The standard InChI is InChI=1S/C20H17ClN4O3S/c1-12(17(26)24-11-10-22-19(24)28)29-20-23-15-8-4-2-6-13(15)18(27)25(20)16-9-5-3-7-14(16)21/h2-9,12H,10-11H2,1H3,(H,22,28). The molecule has 0 saturated carbocycles. The molecule has 1 saturated heterocycles. The highest BCUT2D eigenvalue weighted by molar-refractivity contribution is 8.00. The van der Waals surface area contributed by atoms with Gasteiger partial charge in [-0.1, -0.05) is 47.6 Å². The van der Waals surface area contributed by atoms with Crippen molar-refractivity contribution in [2.45, 2.75) is 17.3 Å². The fourth-order valence-electron chi connectivity index (χ4n) is 3.15. The van der Waals surface area contributed by atoms with Crippen molar-refractivity contribution in [2.24, 2.45) is 0 Å². The van der Waals surface area contributed by atoms with E-state index in [9.17, 15) is 14.4 Å². The summed E-state index contributed by atoms with van der Waals surface area (Å²) in [4.78, 5) is 43.6. The molecule has 7 nitrogen and oxygen atoms in total. The average molecular weight is 429 g/mol. The van der Waals surface area contributed by atoms with Gasteiger partial charge in [-0.15, -0.1) is 0 Å². The SMILES string of the molecule is CC(Sc1nc2ccccc2c(=O)n1-c1ccccc1Cl)C(=O)N1CCNC1=O. The van der Waals surface area contributed by atoms with Crippen LogP contribution < -0.4 is 10.9 Å². The molecule has 0 bridgehead atoms. The maximum absolute atomic E-state index is 13.3. The molecule has 0 spiro atoms. The molecule has 3 aromatic rings. The van der Waals surface area contributed by atoms with Gasteiger partial charge in [0.1, 0.15) is 0 Å². The zero-order chi connectivity index (χ0) is 20.5. The van der Waals surface area contributed by atoms with E-state index in [1.807, 2.05) is 0 Å². The summed E-state index contributed by atoms with van der Waals surface area (Å²) in [5, 5.41) is 3.18. The maximum atomic E-state index is 13.3. The van der Waals surface area contributed by atoms with Crippen LogP contribution in [0.2, 0.25) is 5.02 Å². The number of aromatic nitrogens is 2. The summed E-state index contributed by atoms with van der Waals surface area (Å²) in [7, 11) is 0. The molecule has 148 valence electrons. The van der Waals surface area contributed by atoms with Crippen molar-refractivity contribution in [1.82, 2.24) is 19.8 Å². The smallest absolute Gasteiger partial charge is 0.324 e. The van der Waals surface area contributed by atoms with Gasteiger partial charge in [0.05, 0.1) is 26.9 Å². The Hall–Kier alpha value is -2.84. The predicted octanol–water partition coefficient (Wildman–Crippen LogP) is 3.07. The Balaban J connectivity index is 1.82. The van der Waals surface area contributed by atoms with Gasteiger partial charge in [-0.3, -0.25) is 19.1 Å². The van der Waals surface area contributed by atoms with E-state index in [2.05, 4.69) is 10.3 Å². The first-order valence-electron chi connectivity index (χ1n) is 9.00. The third-order valence-corrected chi connectivity index (χ3v) is 5.95. The highest BCUT2D eigenvalue weighted by atomic mass is 35.5. The van der Waals surface area contributed by atoms with Crippen molar-refractivity contribution in [2.75, 3.05) is 13.1 Å². The summed E-state index contributed by atoms with van der Waals surface area (Å²) in [6, 6.07) is 13.6. The fourth-order valence-corrected chi connectivity index (χ4v) is 4.35. The number of hydrogen-bond acceptors (Lipinski definition) is 5. The van der Waals surface area contributed by atoms with E-state index >= 15 is 0 Å². The first-order chi connectivity index (χ1) is 14.0. The Morgan fingerprint density at radius 1 is 1.17 bits per heavy atom. The Bertz CT molecular complexity index is 1180. The zero-order valence-corrected chi connectivity index (χ0v) is 17.0. The molecule has 1 atom stereocenters. The number of hydrogen-bond donors (Lipinski definition) is 1. The Morgan fingerprint density at radius 3 is 2.62 bits per heavy atom. The highest BCUT2D eigenvalue weighted by Gasteiger charge is 2.31. The normalized spacial score (nSPS) is 14.8. The van der Waals surface area contributed by atoms with Crippen LogP contribution >= 0.6 is 23.4 Å². The second-order valence-corrected chi connectivity index (χ2v) is 8.20. The monoisotopic (exact) mass is 428 g/mol. The molecule has 4 rings (SSSR count). The molecular weight excluding hydrogens is 412 g/mol. The van der Waals surface area contributed by atoms with Crippen molar-refractivity contribution >= 4 is 46.2 Å². The molecule has 3 amide bonds. The summed E-state index contributed by atoms with van der Waals surface area (Å²) >= 11 is 7.47. The number of carbonyl (C=O) groups excluding carboxylic acids is 2. The Kier molecular flexibility index (Phi) is 5.29. The van der Waals surface area contributed by atoms with Gasteiger partial charge in [0.15, 0.2) is 5.16 Å². The fraction of sp³-hybridized carbons (Fsp3) is 0.200. The number of amides is 3. The molecule has 1 unspecified atom stereocenters. The molecule has 1 N–H and O–H groups in total. The van der Waals surface area contributed by atoms with E-state index in [1.54, 1.807) is 55.5 Å². The molecule has 0 radical (unpaired) electrons. The molecule has 0 aliphatic carbocycles. The minimum absolute atomic E-state index is 0.273. The van der Waals surface area contributed by atoms with Crippen LogP contribution in [0.3, 0.4) is 0 Å². The van der Waals surface area contributed by atoms with Crippen LogP contribution in [-0.4, -0.2) is 44.7 Å². The predicted molar refractivity (Wildman–Crippen MR) is 113 cm³/mol. The molecule has 1 fully saturated rings. The average Bonchev–Trinajstić information content (AvgIpc) is 3.14. The van der Waals surface area contributed by atoms with Crippen LogP contribution in [0.5, 0.6) is 0 Å². The van der Waals surface area contributed by atoms with Crippen LogP contribution in [0.1, 0.15) is 6.92 Å². The minimum Gasteiger partial charge on any atom is -0.336 e. The summed E-state index contributed by atoms with van der Waals surface area (Å²) in [5.74, 6) is -0.335. The summed E-state index contributed by atoms with van der Waals surface area (Å²) in [6.45, 7) is 2.45. The van der Waals surface area contributed by atoms with Crippen molar-refractivity contribution in [3.05, 3.63) is 63.9 Å². The lowest BCUT2D eigenvalue weighted by atomic mass is 10.2. The summed E-state index contributed by atoms with van der Waals surface area (Å²) in [6.07, 6.45) is 0. The maximum Gasteiger partial charge on any atom is 0.324 e. The van der Waals surface area contributed by atoms with Crippen LogP contribution in [0.4, 0.5) is 4.79 Å². The van der Waals surface area contributed by atoms with Gasteiger partial charge in [0.25, 0.3) is 5.56 Å². The molecule has 9 heteroatoms. The number of carbonyl (C=O) groups is 2. The van der Waals surface area contributed by atoms with Gasteiger partial charge in [-0.2, -0.15) is 0 Å². The van der Waals surface area contributed by atoms with E-state index in [4.69, 9.17) is 11.6 Å². The molecule has 1 aromatic heterocycles. The van der Waals surface area contributed by atoms with Crippen LogP contribution in [0.25, 0.3) is 16.6 Å². The lowest BCUT2D eigenvalue weighted by molar-refractivity contribution is -0.126. The topological polar surface area (TPSA) is 84.3 Å². The lowest BCUT2D eigenvalue weighted by Crippen LogP contribution is -2.39. The number of nitrogens with zero attached hydrogens (tertiary/aromatic N) is 3. The first kappa shape index (κ1) is 19.5. The number of benzene rings is 2. The first-order valence-corrected chi connectivity index (χ1v) is 10.3. The van der Waals surface area contributed by atoms with Crippen molar-refractivity contribution in [1.29, 1.82) is 0 Å². The molecule has 1 aliphatic heterocycles. The van der Waals surface area contributed by atoms with Gasteiger partial charge in [-0.25, -0.2) is 9.78 Å². The van der Waals surface area contributed by atoms with E-state index < -0.39 is 11.3 Å². The van der Waals surface area contributed by atoms with Gasteiger partial charge in [0, 0.05) is 13.1 Å². The number of thioether (sulfide) groups is 1. The third kappa shape index (κ3) is 3.61. The zero-order valence-electron chi connectivity index (χ0n) is 15.5. The molecule has 1 aliphatic rings. The van der Waals surface area contributed by atoms with Gasteiger partial charge < -0.3 is 5.32 Å². The number of urea groups is 1. The van der Waals surface area contributed by atoms with E-state index in [1.165, 1.54) is 9.47 Å². The number of para-hydroxylation sites is 2. The quantitative estimate of drug-likeness (QED) is 0.510. The van der Waals surface area contributed by atoms with Gasteiger partial charge in [-0.05, 0) is 31.2 Å². The Morgan fingerprint density at radius 2 is 1.90 bits per heavy atom. The van der Waals surface area contributed by atoms with Crippen molar-refractivity contribution in [3.8, 4) is 5.69 Å². The number of halogens is 1. The van der Waals surface area contributed by atoms with Crippen molar-refractivity contribution in [3.63, 3.8) is 0 Å². The molecular formula is C20H17ClN4O3S. The summed E-state index contributed by atoms with van der Waals surface area (Å²) < 4.78 is 1.42. The largest absolute Gasteiger partial charge is 0.336 e.